The summed E-state index contributed by atoms with van der Waals surface area (Å²) in [7, 11) is 2.11. The van der Waals surface area contributed by atoms with Crippen molar-refractivity contribution in [3.8, 4) is 5.75 Å². The Labute approximate surface area is 186 Å². The highest BCUT2D eigenvalue weighted by atomic mass is 127. The van der Waals surface area contributed by atoms with Gasteiger partial charge in [0.25, 0.3) is 5.91 Å². The van der Waals surface area contributed by atoms with Crippen molar-refractivity contribution < 1.29 is 9.53 Å². The summed E-state index contributed by atoms with van der Waals surface area (Å²) in [6.07, 6.45) is 3.96. The number of hydrogen-bond acceptors (Lipinski definition) is 4. The minimum Gasteiger partial charge on any atom is -0.483 e. The first kappa shape index (κ1) is 21.4. The van der Waals surface area contributed by atoms with Crippen molar-refractivity contribution in [2.45, 2.75) is 33.2 Å². The molecule has 1 N–H and O–H groups in total. The number of rotatable bonds is 5. The van der Waals surface area contributed by atoms with E-state index in [1.165, 1.54) is 16.8 Å². The molecule has 0 saturated heterocycles. The summed E-state index contributed by atoms with van der Waals surface area (Å²) in [5, 5.41) is 4.12. The first-order valence-electron chi connectivity index (χ1n) is 9.46. The van der Waals surface area contributed by atoms with Gasteiger partial charge in [-0.25, -0.2) is 5.43 Å². The molecule has 0 unspecified atom stereocenters. The molecule has 5 nitrogen and oxygen atoms in total. The molecule has 0 spiro atoms. The lowest BCUT2D eigenvalue weighted by Gasteiger charge is -2.41. The van der Waals surface area contributed by atoms with Gasteiger partial charge in [0.2, 0.25) is 0 Å². The van der Waals surface area contributed by atoms with Gasteiger partial charge in [0, 0.05) is 18.3 Å². The minimum absolute atomic E-state index is 0.0241. The van der Waals surface area contributed by atoms with E-state index in [4.69, 9.17) is 4.74 Å². The Hall–Kier alpha value is -2.35. The lowest BCUT2D eigenvalue weighted by atomic mass is 9.87. The number of nitrogens with zero attached hydrogens (tertiary/aromatic N) is 2. The number of halogens is 1. The first-order chi connectivity index (χ1) is 13.7. The third-order valence-electron chi connectivity index (χ3n) is 5.19. The molecule has 1 amide bonds. The van der Waals surface area contributed by atoms with Gasteiger partial charge in [0.15, 0.2) is 6.61 Å². The number of amides is 1. The van der Waals surface area contributed by atoms with Crippen LogP contribution in [0.2, 0.25) is 0 Å². The van der Waals surface area contributed by atoms with E-state index in [0.29, 0.717) is 5.75 Å². The number of hydrazone groups is 1. The maximum atomic E-state index is 12.0. The molecule has 0 aliphatic carbocycles. The van der Waals surface area contributed by atoms with Crippen LogP contribution in [0.1, 0.15) is 37.5 Å². The van der Waals surface area contributed by atoms with Crippen LogP contribution in [0.4, 0.5) is 5.69 Å². The van der Waals surface area contributed by atoms with E-state index < -0.39 is 0 Å². The van der Waals surface area contributed by atoms with Crippen LogP contribution in [0.25, 0.3) is 5.57 Å². The zero-order valence-corrected chi connectivity index (χ0v) is 19.6. The van der Waals surface area contributed by atoms with Gasteiger partial charge in [-0.05, 0) is 91.3 Å². The molecule has 1 aliphatic heterocycles. The van der Waals surface area contributed by atoms with Crippen LogP contribution in [0.5, 0.6) is 5.75 Å². The second-order valence-corrected chi connectivity index (χ2v) is 8.94. The summed E-state index contributed by atoms with van der Waals surface area (Å²) in [5.41, 5.74) is 8.23. The maximum absolute atomic E-state index is 12.0. The summed E-state index contributed by atoms with van der Waals surface area (Å²) in [6.45, 7) is 8.52. The third kappa shape index (κ3) is 4.80. The molecule has 1 aliphatic rings. The number of fused-ring (bicyclic) bond motifs is 1. The summed E-state index contributed by atoms with van der Waals surface area (Å²) < 4.78 is 6.50. The molecular weight excluding hydrogens is 477 g/mol. The normalized spacial score (nSPS) is 15.1. The predicted molar refractivity (Wildman–Crippen MR) is 128 cm³/mol. The Kier molecular flexibility index (Phi) is 6.31. The number of ether oxygens (including phenoxy) is 1. The van der Waals surface area contributed by atoms with Gasteiger partial charge in [-0.1, -0.05) is 18.2 Å². The topological polar surface area (TPSA) is 53.9 Å². The molecule has 6 heteroatoms. The van der Waals surface area contributed by atoms with Crippen molar-refractivity contribution in [2.75, 3.05) is 18.6 Å². The van der Waals surface area contributed by atoms with Crippen LogP contribution in [-0.4, -0.2) is 31.3 Å². The SMILES string of the molecule is CC1=CC(C)(C)N(C)c2cc(C)c(/C=N/NC(=O)COc3ccccc3I)cc21. The summed E-state index contributed by atoms with van der Waals surface area (Å²) in [6, 6.07) is 11.9. The minimum atomic E-state index is -0.297. The van der Waals surface area contributed by atoms with Gasteiger partial charge >= 0.3 is 0 Å². The molecular formula is C23H26IN3O2. The summed E-state index contributed by atoms with van der Waals surface area (Å²) in [4.78, 5) is 14.3. The predicted octanol–water partition coefficient (Wildman–Crippen LogP) is 4.76. The fourth-order valence-corrected chi connectivity index (χ4v) is 3.91. The monoisotopic (exact) mass is 503 g/mol. The number of anilines is 1. The molecule has 0 fully saturated rings. The zero-order chi connectivity index (χ0) is 21.2. The van der Waals surface area contributed by atoms with Gasteiger partial charge in [0.05, 0.1) is 15.3 Å². The van der Waals surface area contributed by atoms with Crippen molar-refractivity contribution >= 4 is 46.0 Å². The fourth-order valence-electron chi connectivity index (χ4n) is 3.37. The standard InChI is InChI=1S/C23H26IN3O2/c1-15-10-20-18(16(2)12-23(3,4)27(20)5)11-17(15)13-25-26-22(28)14-29-21-9-7-6-8-19(21)24/h6-13H,14H2,1-5H3,(H,26,28)/b25-13+. The Morgan fingerprint density at radius 3 is 2.72 bits per heavy atom. The number of aryl methyl sites for hydroxylation is 1. The molecule has 1 heterocycles. The van der Waals surface area contributed by atoms with Crippen molar-refractivity contribution in [3.63, 3.8) is 0 Å². The second kappa shape index (κ2) is 8.57. The molecule has 29 heavy (non-hydrogen) atoms. The number of carbonyl (C=O) groups excluding carboxylic acids is 1. The number of hydrogen-bond donors (Lipinski definition) is 1. The van der Waals surface area contributed by atoms with E-state index in [1.54, 1.807) is 6.21 Å². The van der Waals surface area contributed by atoms with Gasteiger partial charge in [0.1, 0.15) is 5.75 Å². The van der Waals surface area contributed by atoms with Crippen LogP contribution >= 0.6 is 22.6 Å². The van der Waals surface area contributed by atoms with Crippen molar-refractivity contribution in [1.82, 2.24) is 5.43 Å². The average Bonchev–Trinajstić information content (AvgIpc) is 2.66. The van der Waals surface area contributed by atoms with E-state index in [1.807, 2.05) is 24.3 Å². The van der Waals surface area contributed by atoms with E-state index in [-0.39, 0.29) is 18.1 Å². The molecule has 0 aromatic heterocycles. The maximum Gasteiger partial charge on any atom is 0.277 e. The highest BCUT2D eigenvalue weighted by molar-refractivity contribution is 14.1. The Bertz CT molecular complexity index is 996. The van der Waals surface area contributed by atoms with Gasteiger partial charge in [-0.2, -0.15) is 5.10 Å². The molecule has 2 aromatic rings. The van der Waals surface area contributed by atoms with E-state index >= 15 is 0 Å². The lowest BCUT2D eigenvalue weighted by Crippen LogP contribution is -2.42. The number of para-hydroxylation sites is 1. The third-order valence-corrected chi connectivity index (χ3v) is 6.08. The zero-order valence-electron chi connectivity index (χ0n) is 17.4. The molecule has 152 valence electrons. The highest BCUT2D eigenvalue weighted by Gasteiger charge is 2.28. The van der Waals surface area contributed by atoms with Crippen LogP contribution in [0, 0.1) is 10.5 Å². The molecule has 0 atom stereocenters. The summed E-state index contributed by atoms with van der Waals surface area (Å²) >= 11 is 2.17. The Morgan fingerprint density at radius 2 is 2.00 bits per heavy atom. The number of carbonyl (C=O) groups is 1. The van der Waals surface area contributed by atoms with Gasteiger partial charge < -0.3 is 9.64 Å². The number of benzene rings is 2. The molecule has 2 aromatic carbocycles. The average molecular weight is 503 g/mol. The second-order valence-electron chi connectivity index (χ2n) is 7.78. The van der Waals surface area contributed by atoms with Crippen molar-refractivity contribution in [3.05, 3.63) is 62.7 Å². The van der Waals surface area contributed by atoms with E-state index in [0.717, 1.165) is 14.7 Å². The van der Waals surface area contributed by atoms with E-state index in [9.17, 15) is 4.79 Å². The summed E-state index contributed by atoms with van der Waals surface area (Å²) in [5.74, 6) is 0.390. The highest BCUT2D eigenvalue weighted by Crippen LogP contribution is 2.38. The van der Waals surface area contributed by atoms with Crippen LogP contribution in [0.15, 0.2) is 47.6 Å². The first-order valence-corrected chi connectivity index (χ1v) is 10.5. The van der Waals surface area contributed by atoms with Crippen LogP contribution < -0.4 is 15.1 Å². The van der Waals surface area contributed by atoms with Crippen LogP contribution in [0.3, 0.4) is 0 Å². The van der Waals surface area contributed by atoms with Gasteiger partial charge in [-0.15, -0.1) is 0 Å². The molecule has 0 bridgehead atoms. The van der Waals surface area contributed by atoms with Crippen molar-refractivity contribution in [1.29, 1.82) is 0 Å². The number of likely N-dealkylation sites (N-methyl/N-ethyl adjacent to an activating group) is 1. The Balaban J connectivity index is 1.68. The molecule has 0 saturated carbocycles. The van der Waals surface area contributed by atoms with Gasteiger partial charge in [-0.3, -0.25) is 4.79 Å². The smallest absolute Gasteiger partial charge is 0.277 e. The lowest BCUT2D eigenvalue weighted by molar-refractivity contribution is -0.123. The molecule has 0 radical (unpaired) electrons. The largest absolute Gasteiger partial charge is 0.483 e. The quantitative estimate of drug-likeness (QED) is 0.364. The fraction of sp³-hybridized carbons (Fsp3) is 0.304. The number of allylic oxidation sites excluding steroid dienone is 1. The van der Waals surface area contributed by atoms with Crippen molar-refractivity contribution in [2.24, 2.45) is 5.10 Å². The van der Waals surface area contributed by atoms with Crippen LogP contribution in [-0.2, 0) is 4.79 Å². The Morgan fingerprint density at radius 1 is 1.28 bits per heavy atom. The number of nitrogens with one attached hydrogen (secondary N) is 1. The molecule has 3 rings (SSSR count). The van der Waals surface area contributed by atoms with E-state index in [2.05, 4.69) is 91.0 Å².